The fraction of sp³-hybridized carbons (Fsp3) is 0.562. The zero-order valence-corrected chi connectivity index (χ0v) is 12.6. The molecular formula is C16H26N4. The van der Waals surface area contributed by atoms with Gasteiger partial charge in [-0.15, -0.1) is 0 Å². The highest BCUT2D eigenvalue weighted by atomic mass is 15.2. The summed E-state index contributed by atoms with van der Waals surface area (Å²) in [6, 6.07) is 8.72. The van der Waals surface area contributed by atoms with Crippen molar-refractivity contribution < 1.29 is 0 Å². The topological polar surface area (TPSA) is 56.4 Å². The molecule has 2 rings (SSSR count). The molecule has 1 aromatic rings. The van der Waals surface area contributed by atoms with Gasteiger partial charge in [-0.25, -0.2) is 0 Å². The SMILES string of the molecule is CCC1CN(C)CCCN1Cc1ccc(C(=N)N)cc1. The van der Waals surface area contributed by atoms with Crippen molar-refractivity contribution in [1.29, 1.82) is 5.41 Å². The van der Waals surface area contributed by atoms with E-state index < -0.39 is 0 Å². The van der Waals surface area contributed by atoms with Crippen molar-refractivity contribution in [3.63, 3.8) is 0 Å². The molecule has 0 radical (unpaired) electrons. The van der Waals surface area contributed by atoms with E-state index in [1.807, 2.05) is 12.1 Å². The summed E-state index contributed by atoms with van der Waals surface area (Å²) in [5, 5.41) is 7.43. The highest BCUT2D eigenvalue weighted by Crippen LogP contribution is 2.16. The van der Waals surface area contributed by atoms with Crippen molar-refractivity contribution in [2.45, 2.75) is 32.4 Å². The lowest BCUT2D eigenvalue weighted by molar-refractivity contribution is 0.176. The third-order valence-electron chi connectivity index (χ3n) is 4.15. The van der Waals surface area contributed by atoms with Crippen LogP contribution in [-0.2, 0) is 6.54 Å². The van der Waals surface area contributed by atoms with Crippen LogP contribution in [0.25, 0.3) is 0 Å². The lowest BCUT2D eigenvalue weighted by atomic mass is 10.1. The molecule has 1 saturated heterocycles. The molecule has 1 unspecified atom stereocenters. The minimum atomic E-state index is 0.138. The summed E-state index contributed by atoms with van der Waals surface area (Å²) in [6.45, 7) is 6.77. The molecule has 0 spiro atoms. The van der Waals surface area contributed by atoms with Gasteiger partial charge in [-0.1, -0.05) is 31.2 Å². The molecule has 3 N–H and O–H groups in total. The third kappa shape index (κ3) is 3.81. The second-order valence-electron chi connectivity index (χ2n) is 5.76. The van der Waals surface area contributed by atoms with Crippen LogP contribution in [0.5, 0.6) is 0 Å². The summed E-state index contributed by atoms with van der Waals surface area (Å²) in [4.78, 5) is 5.03. The number of likely N-dealkylation sites (N-methyl/N-ethyl adjacent to an activating group) is 1. The molecule has 0 amide bonds. The van der Waals surface area contributed by atoms with E-state index in [0.717, 1.165) is 25.2 Å². The molecule has 110 valence electrons. The standard InChI is InChI=1S/C16H26N4/c1-3-15-12-19(2)9-4-10-20(15)11-13-5-7-14(8-6-13)16(17)18/h5-8,15H,3-4,9-12H2,1-2H3,(H3,17,18). The van der Waals surface area contributed by atoms with Crippen molar-refractivity contribution in [1.82, 2.24) is 9.80 Å². The van der Waals surface area contributed by atoms with Gasteiger partial charge in [-0.2, -0.15) is 0 Å². The Labute approximate surface area is 122 Å². The first-order valence-electron chi connectivity index (χ1n) is 7.46. The van der Waals surface area contributed by atoms with Crippen LogP contribution in [0.15, 0.2) is 24.3 Å². The summed E-state index contributed by atoms with van der Waals surface area (Å²) in [5.41, 5.74) is 7.60. The van der Waals surface area contributed by atoms with Gasteiger partial charge in [0.25, 0.3) is 0 Å². The second-order valence-corrected chi connectivity index (χ2v) is 5.76. The smallest absolute Gasteiger partial charge is 0.122 e. The van der Waals surface area contributed by atoms with Crippen molar-refractivity contribution in [3.8, 4) is 0 Å². The predicted molar refractivity (Wildman–Crippen MR) is 84.1 cm³/mol. The highest BCUT2D eigenvalue weighted by molar-refractivity contribution is 5.94. The first-order valence-corrected chi connectivity index (χ1v) is 7.46. The Morgan fingerprint density at radius 1 is 1.30 bits per heavy atom. The van der Waals surface area contributed by atoms with E-state index in [4.69, 9.17) is 11.1 Å². The van der Waals surface area contributed by atoms with Gasteiger partial charge in [0.15, 0.2) is 0 Å². The number of hydrogen-bond acceptors (Lipinski definition) is 3. The van der Waals surface area contributed by atoms with Crippen molar-refractivity contribution in [3.05, 3.63) is 35.4 Å². The molecular weight excluding hydrogens is 248 g/mol. The van der Waals surface area contributed by atoms with Gasteiger partial charge in [0.2, 0.25) is 0 Å². The van der Waals surface area contributed by atoms with Crippen molar-refractivity contribution >= 4 is 5.84 Å². The minimum Gasteiger partial charge on any atom is -0.384 e. The Morgan fingerprint density at radius 2 is 2.00 bits per heavy atom. The lowest BCUT2D eigenvalue weighted by Gasteiger charge is -2.30. The number of rotatable bonds is 4. The van der Waals surface area contributed by atoms with Gasteiger partial charge in [-0.05, 0) is 32.0 Å². The first-order chi connectivity index (χ1) is 9.60. The van der Waals surface area contributed by atoms with E-state index in [2.05, 4.69) is 35.9 Å². The number of benzene rings is 1. The molecule has 0 saturated carbocycles. The fourth-order valence-corrected chi connectivity index (χ4v) is 2.91. The van der Waals surface area contributed by atoms with Crippen LogP contribution in [0.4, 0.5) is 0 Å². The molecule has 1 fully saturated rings. The molecule has 0 aromatic heterocycles. The maximum atomic E-state index is 7.43. The summed E-state index contributed by atoms with van der Waals surface area (Å²) >= 11 is 0. The number of nitrogen functional groups attached to an aromatic ring is 1. The first kappa shape index (κ1) is 15.0. The average molecular weight is 274 g/mol. The normalized spacial score (nSPS) is 21.6. The molecule has 1 aliphatic heterocycles. The molecule has 4 heteroatoms. The fourth-order valence-electron chi connectivity index (χ4n) is 2.91. The van der Waals surface area contributed by atoms with Gasteiger partial charge in [0, 0.05) is 31.2 Å². The summed E-state index contributed by atoms with van der Waals surface area (Å²) in [6.07, 6.45) is 2.42. The molecule has 20 heavy (non-hydrogen) atoms. The Kier molecular flexibility index (Phi) is 5.15. The Bertz CT molecular complexity index is 440. The zero-order valence-electron chi connectivity index (χ0n) is 12.6. The van der Waals surface area contributed by atoms with Gasteiger partial charge in [-0.3, -0.25) is 10.3 Å². The minimum absolute atomic E-state index is 0.138. The van der Waals surface area contributed by atoms with E-state index in [1.54, 1.807) is 0 Å². The van der Waals surface area contributed by atoms with Gasteiger partial charge >= 0.3 is 0 Å². The Balaban J connectivity index is 2.04. The number of hydrogen-bond donors (Lipinski definition) is 2. The van der Waals surface area contributed by atoms with Crippen LogP contribution in [0, 0.1) is 5.41 Å². The molecule has 1 aromatic carbocycles. The number of nitrogens with two attached hydrogens (primary N) is 1. The molecule has 0 bridgehead atoms. The van der Waals surface area contributed by atoms with E-state index in [1.165, 1.54) is 24.9 Å². The van der Waals surface area contributed by atoms with Gasteiger partial charge < -0.3 is 10.6 Å². The number of nitrogens with one attached hydrogen (secondary N) is 1. The zero-order chi connectivity index (χ0) is 14.5. The molecule has 1 aliphatic rings. The predicted octanol–water partition coefficient (Wildman–Crippen LogP) is 1.89. The van der Waals surface area contributed by atoms with Crippen LogP contribution in [0.3, 0.4) is 0 Å². The largest absolute Gasteiger partial charge is 0.384 e. The van der Waals surface area contributed by atoms with Crippen LogP contribution in [-0.4, -0.2) is 48.4 Å². The third-order valence-corrected chi connectivity index (χ3v) is 4.15. The maximum absolute atomic E-state index is 7.43. The van der Waals surface area contributed by atoms with E-state index >= 15 is 0 Å². The van der Waals surface area contributed by atoms with E-state index in [0.29, 0.717) is 6.04 Å². The monoisotopic (exact) mass is 274 g/mol. The average Bonchev–Trinajstić information content (AvgIpc) is 2.61. The Hall–Kier alpha value is -1.39. The number of amidine groups is 1. The van der Waals surface area contributed by atoms with E-state index in [9.17, 15) is 0 Å². The molecule has 0 aliphatic carbocycles. The van der Waals surface area contributed by atoms with Crippen LogP contribution < -0.4 is 5.73 Å². The summed E-state index contributed by atoms with van der Waals surface area (Å²) < 4.78 is 0. The molecule has 1 atom stereocenters. The van der Waals surface area contributed by atoms with Crippen LogP contribution in [0.1, 0.15) is 30.9 Å². The Morgan fingerprint density at radius 3 is 2.60 bits per heavy atom. The van der Waals surface area contributed by atoms with Crippen molar-refractivity contribution in [2.75, 3.05) is 26.7 Å². The quantitative estimate of drug-likeness (QED) is 0.651. The van der Waals surface area contributed by atoms with Crippen LogP contribution in [0.2, 0.25) is 0 Å². The van der Waals surface area contributed by atoms with Gasteiger partial charge in [0.05, 0.1) is 0 Å². The summed E-state index contributed by atoms with van der Waals surface area (Å²) in [7, 11) is 2.22. The maximum Gasteiger partial charge on any atom is 0.122 e. The van der Waals surface area contributed by atoms with Crippen molar-refractivity contribution in [2.24, 2.45) is 5.73 Å². The molecule has 1 heterocycles. The summed E-state index contributed by atoms with van der Waals surface area (Å²) in [5.74, 6) is 0.138. The van der Waals surface area contributed by atoms with E-state index in [-0.39, 0.29) is 5.84 Å². The number of nitrogens with zero attached hydrogens (tertiary/aromatic N) is 2. The lowest BCUT2D eigenvalue weighted by Crippen LogP contribution is -2.39. The highest BCUT2D eigenvalue weighted by Gasteiger charge is 2.21. The second kappa shape index (κ2) is 6.86. The van der Waals surface area contributed by atoms with Gasteiger partial charge in [0.1, 0.15) is 5.84 Å². The molecule has 4 nitrogen and oxygen atoms in total. The van der Waals surface area contributed by atoms with Crippen LogP contribution >= 0.6 is 0 Å².